The molecule has 1 aromatic carbocycles. The molecule has 0 radical (unpaired) electrons. The number of alkyl halides is 3. The maximum absolute atomic E-state index is 13.2. The van der Waals surface area contributed by atoms with Gasteiger partial charge in [0.2, 0.25) is 0 Å². The van der Waals surface area contributed by atoms with E-state index in [1.165, 1.54) is 0 Å². The van der Waals surface area contributed by atoms with E-state index in [9.17, 15) is 18.0 Å². The Hall–Kier alpha value is -2.54. The molecule has 13 heteroatoms. The Bertz CT molecular complexity index is 1310. The number of aryl methyl sites for hydroxylation is 1. The number of fused-ring (bicyclic) bond motifs is 1. The van der Waals surface area contributed by atoms with Gasteiger partial charge in [0.15, 0.2) is 12.4 Å². The Kier molecular flexibility index (Phi) is 7.99. The van der Waals surface area contributed by atoms with E-state index in [1.54, 1.807) is 11.8 Å². The summed E-state index contributed by atoms with van der Waals surface area (Å²) >= 11 is 3.42. The minimum atomic E-state index is -4.51. The number of ether oxygens (including phenoxy) is 3. The third-order valence-corrected chi connectivity index (χ3v) is 8.91. The van der Waals surface area contributed by atoms with Crippen molar-refractivity contribution in [3.63, 3.8) is 0 Å². The van der Waals surface area contributed by atoms with Gasteiger partial charge in [-0.1, -0.05) is 0 Å². The second-order valence-electron chi connectivity index (χ2n) is 12.6. The third-order valence-electron chi connectivity index (χ3n) is 7.93. The molecule has 0 bridgehead atoms. The number of benzene rings is 1. The molecule has 1 spiro atoms. The van der Waals surface area contributed by atoms with E-state index in [2.05, 4.69) is 30.7 Å². The summed E-state index contributed by atoms with van der Waals surface area (Å²) in [6.07, 6.45) is -1.93. The molecular weight excluding hydrogens is 607 g/mol. The zero-order chi connectivity index (χ0) is 29.7. The van der Waals surface area contributed by atoms with Gasteiger partial charge in [-0.25, -0.2) is 4.79 Å². The first-order valence-electron chi connectivity index (χ1n) is 13.9. The summed E-state index contributed by atoms with van der Waals surface area (Å²) in [6.45, 7) is 9.69. The molecule has 1 atom stereocenters. The molecule has 9 nitrogen and oxygen atoms in total. The standard InChI is InChI=1S/C28H37BrF3N5O4/c1-17-11-19-21(22(20(17)29)40-16-28(30,31)32)33-24(39-12-18-7-6-9-35(18)5)34-23(19)36-10-8-27(13-36)14-37(15-27)25(38)41-26(2,3)4/h11,18H,6-10,12-16H2,1-5H3/t18-/m0/s1. The fourth-order valence-corrected chi connectivity index (χ4v) is 6.27. The van der Waals surface area contributed by atoms with Crippen molar-refractivity contribution in [1.82, 2.24) is 19.8 Å². The average Bonchev–Trinajstić information content (AvgIpc) is 3.47. The summed E-state index contributed by atoms with van der Waals surface area (Å²) in [4.78, 5) is 28.0. The fraction of sp³-hybridized carbons (Fsp3) is 0.679. The summed E-state index contributed by atoms with van der Waals surface area (Å²) in [5.41, 5.74) is 0.288. The first-order valence-corrected chi connectivity index (χ1v) is 14.7. The van der Waals surface area contributed by atoms with E-state index in [4.69, 9.17) is 19.2 Å². The molecule has 41 heavy (non-hydrogen) atoms. The van der Waals surface area contributed by atoms with Crippen molar-refractivity contribution >= 4 is 38.7 Å². The highest BCUT2D eigenvalue weighted by atomic mass is 79.9. The highest BCUT2D eigenvalue weighted by Gasteiger charge is 2.51. The predicted molar refractivity (Wildman–Crippen MR) is 152 cm³/mol. The number of halogens is 4. The lowest BCUT2D eigenvalue weighted by atomic mass is 9.79. The molecule has 1 aromatic heterocycles. The van der Waals surface area contributed by atoms with Gasteiger partial charge in [-0.05, 0) is 88.1 Å². The molecule has 3 aliphatic heterocycles. The summed E-state index contributed by atoms with van der Waals surface area (Å²) < 4.78 is 56.8. The van der Waals surface area contributed by atoms with Gasteiger partial charge in [-0.15, -0.1) is 0 Å². The van der Waals surface area contributed by atoms with E-state index in [-0.39, 0.29) is 34.8 Å². The lowest BCUT2D eigenvalue weighted by Gasteiger charge is -2.47. The molecule has 0 unspecified atom stereocenters. The summed E-state index contributed by atoms with van der Waals surface area (Å²) in [5.74, 6) is 0.599. The van der Waals surface area contributed by atoms with E-state index in [0.29, 0.717) is 54.0 Å². The summed E-state index contributed by atoms with van der Waals surface area (Å²) in [7, 11) is 2.04. The fourth-order valence-electron chi connectivity index (χ4n) is 5.85. The molecule has 0 N–H and O–H groups in total. The number of amides is 1. The molecule has 0 aliphatic carbocycles. The molecule has 226 valence electrons. The van der Waals surface area contributed by atoms with Crippen molar-refractivity contribution in [3.8, 4) is 11.8 Å². The number of aromatic nitrogens is 2. The molecule has 1 amide bonds. The number of carbonyl (C=O) groups is 1. The van der Waals surface area contributed by atoms with Crippen LogP contribution in [0.5, 0.6) is 11.8 Å². The second-order valence-corrected chi connectivity index (χ2v) is 13.4. The highest BCUT2D eigenvalue weighted by molar-refractivity contribution is 9.10. The van der Waals surface area contributed by atoms with Gasteiger partial charge in [0.25, 0.3) is 0 Å². The Morgan fingerprint density at radius 2 is 1.88 bits per heavy atom. The molecule has 3 saturated heterocycles. The first kappa shape index (κ1) is 29.9. The van der Waals surface area contributed by atoms with Crippen LogP contribution in [-0.2, 0) is 4.74 Å². The van der Waals surface area contributed by atoms with Crippen LogP contribution < -0.4 is 14.4 Å². The van der Waals surface area contributed by atoms with Crippen molar-refractivity contribution in [2.75, 3.05) is 57.9 Å². The highest BCUT2D eigenvalue weighted by Crippen LogP contribution is 2.45. The largest absolute Gasteiger partial charge is 0.481 e. The maximum atomic E-state index is 13.2. The monoisotopic (exact) mass is 643 g/mol. The molecule has 2 aromatic rings. The normalized spacial score (nSPS) is 21.0. The van der Waals surface area contributed by atoms with Gasteiger partial charge in [0, 0.05) is 43.0 Å². The van der Waals surface area contributed by atoms with Gasteiger partial charge in [-0.2, -0.15) is 23.1 Å². The SMILES string of the molecule is Cc1cc2c(N3CCC4(CN(C(=O)OC(C)(C)C)C4)C3)nc(OC[C@@H]3CCCN3C)nc2c(OCC(F)(F)F)c1Br. The van der Waals surface area contributed by atoms with E-state index < -0.39 is 18.4 Å². The molecule has 3 fully saturated rings. The average molecular weight is 645 g/mol. The van der Waals surface area contributed by atoms with Crippen LogP contribution >= 0.6 is 15.9 Å². The van der Waals surface area contributed by atoms with Gasteiger partial charge < -0.3 is 28.9 Å². The lowest BCUT2D eigenvalue weighted by molar-refractivity contribution is -0.153. The van der Waals surface area contributed by atoms with Crippen molar-refractivity contribution in [3.05, 3.63) is 16.1 Å². The molecular formula is C28H37BrF3N5O4. The minimum Gasteiger partial charge on any atom is -0.481 e. The van der Waals surface area contributed by atoms with Crippen molar-refractivity contribution in [2.45, 2.75) is 64.8 Å². The van der Waals surface area contributed by atoms with Crippen molar-refractivity contribution in [1.29, 1.82) is 0 Å². The van der Waals surface area contributed by atoms with Crippen LogP contribution in [0.1, 0.15) is 45.6 Å². The second kappa shape index (κ2) is 10.9. The van der Waals surface area contributed by atoms with Crippen LogP contribution in [0.25, 0.3) is 10.9 Å². The topological polar surface area (TPSA) is 80.3 Å². The Balaban J connectivity index is 1.45. The van der Waals surface area contributed by atoms with Crippen molar-refractivity contribution in [2.24, 2.45) is 5.41 Å². The predicted octanol–water partition coefficient (Wildman–Crippen LogP) is 5.56. The number of carbonyl (C=O) groups excluding carboxylic acids is 1. The lowest BCUT2D eigenvalue weighted by Crippen LogP contribution is -2.60. The van der Waals surface area contributed by atoms with Crippen LogP contribution in [0.4, 0.5) is 23.8 Å². The smallest absolute Gasteiger partial charge is 0.422 e. The Morgan fingerprint density at radius 1 is 1.15 bits per heavy atom. The van der Waals surface area contributed by atoms with E-state index in [0.717, 1.165) is 25.8 Å². The number of likely N-dealkylation sites (N-methyl/N-ethyl adjacent to an activating group) is 1. The quantitative estimate of drug-likeness (QED) is 0.405. The zero-order valence-corrected chi connectivity index (χ0v) is 25.7. The van der Waals surface area contributed by atoms with Crippen molar-refractivity contribution < 1.29 is 32.2 Å². The zero-order valence-electron chi connectivity index (χ0n) is 24.1. The Labute approximate surface area is 246 Å². The van der Waals surface area contributed by atoms with Crippen LogP contribution in [0, 0.1) is 12.3 Å². The minimum absolute atomic E-state index is 0.0115. The number of nitrogens with zero attached hydrogens (tertiary/aromatic N) is 5. The Morgan fingerprint density at radius 3 is 2.51 bits per heavy atom. The van der Waals surface area contributed by atoms with E-state index >= 15 is 0 Å². The van der Waals surface area contributed by atoms with Gasteiger partial charge in [-0.3, -0.25) is 0 Å². The van der Waals surface area contributed by atoms with Crippen LogP contribution in [0.15, 0.2) is 10.5 Å². The van der Waals surface area contributed by atoms with Gasteiger partial charge in [0.05, 0.1) is 4.47 Å². The molecule has 0 saturated carbocycles. The first-order chi connectivity index (χ1) is 19.1. The number of hydrogen-bond acceptors (Lipinski definition) is 8. The van der Waals surface area contributed by atoms with Crippen LogP contribution in [-0.4, -0.2) is 96.7 Å². The number of anilines is 1. The molecule has 5 rings (SSSR count). The summed E-state index contributed by atoms with van der Waals surface area (Å²) in [6, 6.07) is 2.18. The number of likely N-dealkylation sites (tertiary alicyclic amines) is 2. The van der Waals surface area contributed by atoms with E-state index in [1.807, 2.05) is 33.9 Å². The molecule has 4 heterocycles. The summed E-state index contributed by atoms with van der Waals surface area (Å²) in [5, 5.41) is 0.591. The maximum Gasteiger partial charge on any atom is 0.422 e. The van der Waals surface area contributed by atoms with Gasteiger partial charge in [0.1, 0.15) is 23.5 Å². The number of hydrogen-bond donors (Lipinski definition) is 0. The van der Waals surface area contributed by atoms with Gasteiger partial charge >= 0.3 is 18.3 Å². The third kappa shape index (κ3) is 6.60. The van der Waals surface area contributed by atoms with Crippen LogP contribution in [0.2, 0.25) is 0 Å². The van der Waals surface area contributed by atoms with Crippen LogP contribution in [0.3, 0.4) is 0 Å². The number of rotatable bonds is 6. The molecule has 3 aliphatic rings.